The second-order valence-electron chi connectivity index (χ2n) is 6.19. The Kier molecular flexibility index (Phi) is 3.70. The molecule has 2 aromatic rings. The molecule has 1 aliphatic carbocycles. The van der Waals surface area contributed by atoms with Gasteiger partial charge in [0.05, 0.1) is 16.6 Å². The van der Waals surface area contributed by atoms with Gasteiger partial charge in [0.25, 0.3) is 0 Å². The first-order valence-electron chi connectivity index (χ1n) is 7.84. The van der Waals surface area contributed by atoms with Crippen LogP contribution in [0, 0.1) is 5.92 Å². The van der Waals surface area contributed by atoms with Crippen molar-refractivity contribution in [3.63, 3.8) is 0 Å². The van der Waals surface area contributed by atoms with Crippen LogP contribution in [-0.4, -0.2) is 20.6 Å². The number of carbonyl (C=O) groups is 1. The first-order valence-corrected chi connectivity index (χ1v) is 7.84. The zero-order valence-corrected chi connectivity index (χ0v) is 12.7. The Balaban J connectivity index is 2.09. The molecule has 0 spiro atoms. The van der Waals surface area contributed by atoms with Gasteiger partial charge in [0.2, 0.25) is 0 Å². The van der Waals surface area contributed by atoms with Gasteiger partial charge in [-0.25, -0.2) is 9.78 Å². The number of fused-ring (bicyclic) bond motifs is 1. The molecule has 4 heteroatoms. The van der Waals surface area contributed by atoms with Gasteiger partial charge >= 0.3 is 5.97 Å². The predicted octanol–water partition coefficient (Wildman–Crippen LogP) is 4.05. The number of carboxylic acids is 1. The van der Waals surface area contributed by atoms with Crippen LogP contribution < -0.4 is 0 Å². The van der Waals surface area contributed by atoms with Crippen LogP contribution in [0.5, 0.6) is 0 Å². The second kappa shape index (κ2) is 5.51. The van der Waals surface area contributed by atoms with E-state index in [1.54, 1.807) is 12.1 Å². The van der Waals surface area contributed by atoms with E-state index in [4.69, 9.17) is 5.11 Å². The molecule has 21 heavy (non-hydrogen) atoms. The highest BCUT2D eigenvalue weighted by Gasteiger charge is 2.24. The van der Waals surface area contributed by atoms with Crippen molar-refractivity contribution in [1.29, 1.82) is 0 Å². The SMILES string of the molecule is CCc1nc2cc(C(=O)O)ccc2n1C1CCCC(C)C1. The van der Waals surface area contributed by atoms with Crippen LogP contribution in [0.3, 0.4) is 0 Å². The zero-order chi connectivity index (χ0) is 15.0. The van der Waals surface area contributed by atoms with Crippen molar-refractivity contribution in [1.82, 2.24) is 9.55 Å². The van der Waals surface area contributed by atoms with Gasteiger partial charge in [0, 0.05) is 12.5 Å². The minimum atomic E-state index is -0.893. The van der Waals surface area contributed by atoms with Crippen LogP contribution >= 0.6 is 0 Å². The summed E-state index contributed by atoms with van der Waals surface area (Å²) in [5.41, 5.74) is 2.20. The first-order chi connectivity index (χ1) is 10.1. The zero-order valence-electron chi connectivity index (χ0n) is 12.7. The van der Waals surface area contributed by atoms with Crippen molar-refractivity contribution in [2.45, 2.75) is 52.0 Å². The molecule has 1 aliphatic rings. The maximum atomic E-state index is 11.1. The quantitative estimate of drug-likeness (QED) is 0.926. The van der Waals surface area contributed by atoms with Crippen LogP contribution in [0.25, 0.3) is 11.0 Å². The number of benzene rings is 1. The number of hydrogen-bond donors (Lipinski definition) is 1. The number of imidazole rings is 1. The summed E-state index contributed by atoms with van der Waals surface area (Å²) in [6.45, 7) is 4.43. The Morgan fingerprint density at radius 1 is 1.43 bits per heavy atom. The molecule has 0 saturated heterocycles. The lowest BCUT2D eigenvalue weighted by Gasteiger charge is -2.29. The summed E-state index contributed by atoms with van der Waals surface area (Å²) in [4.78, 5) is 15.8. The Bertz CT molecular complexity index is 675. The maximum absolute atomic E-state index is 11.1. The van der Waals surface area contributed by atoms with E-state index in [-0.39, 0.29) is 0 Å². The molecule has 2 unspecified atom stereocenters. The van der Waals surface area contributed by atoms with E-state index >= 15 is 0 Å². The molecule has 1 heterocycles. The fourth-order valence-corrected chi connectivity index (χ4v) is 3.58. The third-order valence-corrected chi connectivity index (χ3v) is 4.60. The highest BCUT2D eigenvalue weighted by Crippen LogP contribution is 2.35. The molecular formula is C17H22N2O2. The summed E-state index contributed by atoms with van der Waals surface area (Å²) in [5.74, 6) is 0.937. The standard InChI is InChI=1S/C17H22N2O2/c1-3-16-18-14-10-12(17(20)21)7-8-15(14)19(16)13-6-4-5-11(2)9-13/h7-8,10-11,13H,3-6,9H2,1-2H3,(H,20,21). The fourth-order valence-electron chi connectivity index (χ4n) is 3.58. The van der Waals surface area contributed by atoms with Crippen LogP contribution in [0.4, 0.5) is 0 Å². The molecule has 0 amide bonds. The topological polar surface area (TPSA) is 55.1 Å². The molecule has 112 valence electrons. The summed E-state index contributed by atoms with van der Waals surface area (Å²) in [7, 11) is 0. The summed E-state index contributed by atoms with van der Waals surface area (Å²) in [6.07, 6.45) is 5.85. The minimum absolute atomic E-state index is 0.312. The monoisotopic (exact) mass is 286 g/mol. The molecule has 3 rings (SSSR count). The van der Waals surface area contributed by atoms with Crippen molar-refractivity contribution in [2.24, 2.45) is 5.92 Å². The van der Waals surface area contributed by atoms with Gasteiger partial charge in [0.15, 0.2) is 0 Å². The van der Waals surface area contributed by atoms with Crippen LogP contribution in [-0.2, 0) is 6.42 Å². The Hall–Kier alpha value is -1.84. The normalized spacial score (nSPS) is 22.6. The molecule has 1 aromatic carbocycles. The van der Waals surface area contributed by atoms with Crippen molar-refractivity contribution in [3.05, 3.63) is 29.6 Å². The molecule has 1 saturated carbocycles. The molecular weight excluding hydrogens is 264 g/mol. The second-order valence-corrected chi connectivity index (χ2v) is 6.19. The van der Waals surface area contributed by atoms with Crippen molar-refractivity contribution in [2.75, 3.05) is 0 Å². The number of aryl methyl sites for hydroxylation is 1. The van der Waals surface area contributed by atoms with E-state index in [1.807, 2.05) is 6.07 Å². The van der Waals surface area contributed by atoms with Crippen LogP contribution in [0.1, 0.15) is 61.8 Å². The molecule has 2 atom stereocenters. The molecule has 4 nitrogen and oxygen atoms in total. The lowest BCUT2D eigenvalue weighted by molar-refractivity contribution is 0.0697. The number of nitrogens with zero attached hydrogens (tertiary/aromatic N) is 2. The van der Waals surface area contributed by atoms with Crippen LogP contribution in [0.2, 0.25) is 0 Å². The maximum Gasteiger partial charge on any atom is 0.335 e. The minimum Gasteiger partial charge on any atom is -0.478 e. The largest absolute Gasteiger partial charge is 0.478 e. The molecule has 0 aliphatic heterocycles. The van der Waals surface area contributed by atoms with E-state index < -0.39 is 5.97 Å². The van der Waals surface area contributed by atoms with E-state index in [9.17, 15) is 4.79 Å². The third-order valence-electron chi connectivity index (χ3n) is 4.60. The number of aromatic carboxylic acids is 1. The molecule has 1 N–H and O–H groups in total. The predicted molar refractivity (Wildman–Crippen MR) is 82.7 cm³/mol. The number of aromatic nitrogens is 2. The highest BCUT2D eigenvalue weighted by molar-refractivity contribution is 5.92. The fraction of sp³-hybridized carbons (Fsp3) is 0.529. The van der Waals surface area contributed by atoms with Gasteiger partial charge in [-0.15, -0.1) is 0 Å². The number of rotatable bonds is 3. The third kappa shape index (κ3) is 2.55. The smallest absolute Gasteiger partial charge is 0.335 e. The van der Waals surface area contributed by atoms with Crippen LogP contribution in [0.15, 0.2) is 18.2 Å². The van der Waals surface area contributed by atoms with Gasteiger partial charge in [0.1, 0.15) is 5.82 Å². The molecule has 1 aromatic heterocycles. The van der Waals surface area contributed by atoms with Crippen molar-refractivity contribution < 1.29 is 9.90 Å². The van der Waals surface area contributed by atoms with Crippen molar-refractivity contribution >= 4 is 17.0 Å². The summed E-state index contributed by atoms with van der Waals surface area (Å²) in [6, 6.07) is 5.81. The van der Waals surface area contributed by atoms with Gasteiger partial charge in [-0.05, 0) is 37.0 Å². The van der Waals surface area contributed by atoms with E-state index in [0.29, 0.717) is 11.6 Å². The van der Waals surface area contributed by atoms with E-state index in [2.05, 4.69) is 23.4 Å². The first kappa shape index (κ1) is 14.1. The molecule has 1 fully saturated rings. The average Bonchev–Trinajstić information content (AvgIpc) is 2.84. The summed E-state index contributed by atoms with van der Waals surface area (Å²) < 4.78 is 2.36. The van der Waals surface area contributed by atoms with E-state index in [1.165, 1.54) is 25.7 Å². The number of hydrogen-bond acceptors (Lipinski definition) is 2. The Labute approximate surface area is 124 Å². The van der Waals surface area contributed by atoms with Gasteiger partial charge < -0.3 is 9.67 Å². The Morgan fingerprint density at radius 2 is 2.24 bits per heavy atom. The average molecular weight is 286 g/mol. The molecule has 0 radical (unpaired) electrons. The summed E-state index contributed by atoms with van der Waals surface area (Å²) in [5, 5.41) is 9.13. The molecule has 0 bridgehead atoms. The lowest BCUT2D eigenvalue weighted by Crippen LogP contribution is -2.19. The van der Waals surface area contributed by atoms with Crippen molar-refractivity contribution in [3.8, 4) is 0 Å². The summed E-state index contributed by atoms with van der Waals surface area (Å²) >= 11 is 0. The highest BCUT2D eigenvalue weighted by atomic mass is 16.4. The number of carboxylic acid groups (broad SMARTS) is 1. The van der Waals surface area contributed by atoms with Gasteiger partial charge in [-0.3, -0.25) is 0 Å². The van der Waals surface area contributed by atoms with Gasteiger partial charge in [-0.2, -0.15) is 0 Å². The lowest BCUT2D eigenvalue weighted by atomic mass is 9.86. The Morgan fingerprint density at radius 3 is 2.90 bits per heavy atom. The van der Waals surface area contributed by atoms with Gasteiger partial charge in [-0.1, -0.05) is 26.7 Å². The van der Waals surface area contributed by atoms with E-state index in [0.717, 1.165) is 29.2 Å².